The normalized spacial score (nSPS) is 26.7. The maximum Gasteiger partial charge on any atom is 0.0370 e. The van der Waals surface area contributed by atoms with Gasteiger partial charge in [-0.2, -0.15) is 0 Å². The van der Waals surface area contributed by atoms with Gasteiger partial charge >= 0.3 is 0 Å². The summed E-state index contributed by atoms with van der Waals surface area (Å²) in [4.78, 5) is 2.49. The first-order valence-corrected chi connectivity index (χ1v) is 5.79. The number of anilines is 2. The number of piperidine rings is 1. The minimum atomic E-state index is 0.657. The number of rotatable bonds is 1. The predicted octanol–water partition coefficient (Wildman–Crippen LogP) is 2.89. The van der Waals surface area contributed by atoms with Gasteiger partial charge in [-0.05, 0) is 49.9 Å². The molecule has 1 saturated heterocycles. The highest BCUT2D eigenvalue weighted by atomic mass is 15.2. The molecule has 1 fully saturated rings. The highest BCUT2D eigenvalue weighted by Crippen LogP contribution is 2.27. The summed E-state index contributed by atoms with van der Waals surface area (Å²) < 4.78 is 0. The van der Waals surface area contributed by atoms with Gasteiger partial charge in [0.1, 0.15) is 0 Å². The van der Waals surface area contributed by atoms with Crippen molar-refractivity contribution in [3.8, 4) is 0 Å². The van der Waals surface area contributed by atoms with Crippen molar-refractivity contribution in [1.29, 1.82) is 0 Å². The topological polar surface area (TPSA) is 29.3 Å². The van der Waals surface area contributed by atoms with Crippen LogP contribution in [0.1, 0.15) is 26.7 Å². The van der Waals surface area contributed by atoms with Crippen molar-refractivity contribution in [3.63, 3.8) is 0 Å². The van der Waals surface area contributed by atoms with Crippen LogP contribution in [-0.2, 0) is 0 Å². The first kappa shape index (κ1) is 10.3. The molecule has 0 bridgehead atoms. The van der Waals surface area contributed by atoms with Crippen LogP contribution in [0.3, 0.4) is 0 Å². The number of nitrogens with zero attached hydrogens (tertiary/aromatic N) is 1. The molecule has 0 aliphatic carbocycles. The second kappa shape index (κ2) is 4.13. The van der Waals surface area contributed by atoms with Crippen molar-refractivity contribution >= 4 is 11.4 Å². The van der Waals surface area contributed by atoms with Gasteiger partial charge in [-0.3, -0.25) is 0 Å². The Kier molecular flexibility index (Phi) is 2.85. The Morgan fingerprint density at radius 2 is 1.80 bits per heavy atom. The summed E-state index contributed by atoms with van der Waals surface area (Å²) in [5, 5.41) is 0. The Labute approximate surface area is 92.1 Å². The summed E-state index contributed by atoms with van der Waals surface area (Å²) in [6.45, 7) is 5.81. The van der Waals surface area contributed by atoms with Gasteiger partial charge in [-0.1, -0.05) is 6.92 Å². The molecule has 0 aromatic heterocycles. The first-order chi connectivity index (χ1) is 7.16. The molecule has 2 atom stereocenters. The lowest BCUT2D eigenvalue weighted by Gasteiger charge is -2.38. The van der Waals surface area contributed by atoms with E-state index in [-0.39, 0.29) is 0 Å². The highest BCUT2D eigenvalue weighted by molar-refractivity contribution is 5.53. The van der Waals surface area contributed by atoms with Crippen LogP contribution >= 0.6 is 0 Å². The molecule has 0 amide bonds. The molecule has 0 spiro atoms. The molecule has 2 nitrogen and oxygen atoms in total. The molecule has 1 aliphatic rings. The SMILES string of the molecule is CC1CCC(C)N(c2ccc(N)cc2)C1. The van der Waals surface area contributed by atoms with Gasteiger partial charge in [0.25, 0.3) is 0 Å². The van der Waals surface area contributed by atoms with Gasteiger partial charge in [0, 0.05) is 24.0 Å². The molecule has 2 heteroatoms. The Balaban J connectivity index is 2.17. The van der Waals surface area contributed by atoms with E-state index in [9.17, 15) is 0 Å². The fraction of sp³-hybridized carbons (Fsp3) is 0.538. The largest absolute Gasteiger partial charge is 0.399 e. The summed E-state index contributed by atoms with van der Waals surface area (Å²) >= 11 is 0. The van der Waals surface area contributed by atoms with Crippen LogP contribution in [0.5, 0.6) is 0 Å². The van der Waals surface area contributed by atoms with Crippen LogP contribution < -0.4 is 10.6 Å². The zero-order valence-electron chi connectivity index (χ0n) is 9.61. The molecule has 82 valence electrons. The summed E-state index contributed by atoms with van der Waals surface area (Å²) in [6.07, 6.45) is 2.65. The Hall–Kier alpha value is -1.18. The smallest absolute Gasteiger partial charge is 0.0370 e. The number of benzene rings is 1. The fourth-order valence-electron chi connectivity index (χ4n) is 2.31. The standard InChI is InChI=1S/C13H20N2/c1-10-3-4-11(2)15(9-10)13-7-5-12(14)6-8-13/h5-8,10-11H,3-4,9,14H2,1-2H3. The number of nitrogens with two attached hydrogens (primary N) is 1. The third-order valence-corrected chi connectivity index (χ3v) is 3.34. The molecule has 1 heterocycles. The summed E-state index contributed by atoms with van der Waals surface area (Å²) in [5.74, 6) is 0.804. The van der Waals surface area contributed by atoms with E-state index in [4.69, 9.17) is 5.73 Å². The number of hydrogen-bond acceptors (Lipinski definition) is 2. The van der Waals surface area contributed by atoms with Gasteiger partial charge in [0.05, 0.1) is 0 Å². The van der Waals surface area contributed by atoms with Crippen molar-refractivity contribution in [3.05, 3.63) is 24.3 Å². The van der Waals surface area contributed by atoms with E-state index < -0.39 is 0 Å². The second-order valence-corrected chi connectivity index (χ2v) is 4.78. The van der Waals surface area contributed by atoms with Gasteiger partial charge in [0.15, 0.2) is 0 Å². The van der Waals surface area contributed by atoms with Gasteiger partial charge < -0.3 is 10.6 Å². The Morgan fingerprint density at radius 3 is 2.47 bits per heavy atom. The molecule has 2 N–H and O–H groups in total. The molecule has 1 aromatic carbocycles. The van der Waals surface area contributed by atoms with Crippen LogP contribution in [-0.4, -0.2) is 12.6 Å². The third kappa shape index (κ3) is 2.25. The monoisotopic (exact) mass is 204 g/mol. The van der Waals surface area contributed by atoms with E-state index in [0.717, 1.165) is 11.6 Å². The third-order valence-electron chi connectivity index (χ3n) is 3.34. The Morgan fingerprint density at radius 1 is 1.13 bits per heavy atom. The second-order valence-electron chi connectivity index (χ2n) is 4.78. The lowest BCUT2D eigenvalue weighted by atomic mass is 9.94. The van der Waals surface area contributed by atoms with Crippen LogP contribution in [0.15, 0.2) is 24.3 Å². The average molecular weight is 204 g/mol. The van der Waals surface area contributed by atoms with E-state index >= 15 is 0 Å². The van der Waals surface area contributed by atoms with Crippen molar-refractivity contribution in [1.82, 2.24) is 0 Å². The molecule has 0 radical (unpaired) electrons. The van der Waals surface area contributed by atoms with Gasteiger partial charge in [-0.25, -0.2) is 0 Å². The first-order valence-electron chi connectivity index (χ1n) is 5.79. The van der Waals surface area contributed by atoms with Gasteiger partial charge in [-0.15, -0.1) is 0 Å². The lowest BCUT2D eigenvalue weighted by molar-refractivity contribution is 0.390. The molecule has 0 saturated carbocycles. The lowest BCUT2D eigenvalue weighted by Crippen LogP contribution is -2.41. The van der Waals surface area contributed by atoms with Crippen molar-refractivity contribution < 1.29 is 0 Å². The zero-order chi connectivity index (χ0) is 10.8. The maximum atomic E-state index is 5.70. The summed E-state index contributed by atoms with van der Waals surface area (Å²) in [5.41, 5.74) is 7.85. The quantitative estimate of drug-likeness (QED) is 0.713. The number of nitrogen functional groups attached to an aromatic ring is 1. The summed E-state index contributed by atoms with van der Waals surface area (Å²) in [7, 11) is 0. The van der Waals surface area contributed by atoms with Crippen molar-refractivity contribution in [2.24, 2.45) is 5.92 Å². The molecule has 2 rings (SSSR count). The van der Waals surface area contributed by atoms with Crippen LogP contribution in [0, 0.1) is 5.92 Å². The van der Waals surface area contributed by atoms with E-state index in [1.165, 1.54) is 25.1 Å². The van der Waals surface area contributed by atoms with E-state index in [1.54, 1.807) is 0 Å². The fourth-order valence-corrected chi connectivity index (χ4v) is 2.31. The van der Waals surface area contributed by atoms with E-state index in [2.05, 4.69) is 30.9 Å². The van der Waals surface area contributed by atoms with E-state index in [1.807, 2.05) is 12.1 Å². The molecular formula is C13H20N2. The molecule has 15 heavy (non-hydrogen) atoms. The number of hydrogen-bond donors (Lipinski definition) is 1. The van der Waals surface area contributed by atoms with Crippen LogP contribution in [0.4, 0.5) is 11.4 Å². The predicted molar refractivity (Wildman–Crippen MR) is 66.1 cm³/mol. The van der Waals surface area contributed by atoms with Crippen molar-refractivity contribution in [2.75, 3.05) is 17.2 Å². The minimum Gasteiger partial charge on any atom is -0.399 e. The summed E-state index contributed by atoms with van der Waals surface area (Å²) in [6, 6.07) is 8.89. The zero-order valence-corrected chi connectivity index (χ0v) is 9.61. The molecular weight excluding hydrogens is 184 g/mol. The van der Waals surface area contributed by atoms with Crippen molar-refractivity contribution in [2.45, 2.75) is 32.7 Å². The molecule has 1 aromatic rings. The molecule has 1 aliphatic heterocycles. The maximum absolute atomic E-state index is 5.70. The average Bonchev–Trinajstić information content (AvgIpc) is 2.23. The Bertz CT molecular complexity index is 318. The van der Waals surface area contributed by atoms with Gasteiger partial charge in [0.2, 0.25) is 0 Å². The highest BCUT2D eigenvalue weighted by Gasteiger charge is 2.22. The van der Waals surface area contributed by atoms with Crippen LogP contribution in [0.25, 0.3) is 0 Å². The van der Waals surface area contributed by atoms with Crippen LogP contribution in [0.2, 0.25) is 0 Å². The van der Waals surface area contributed by atoms with E-state index in [0.29, 0.717) is 6.04 Å². The minimum absolute atomic E-state index is 0.657. The molecule has 2 unspecified atom stereocenters.